The highest BCUT2D eigenvalue weighted by molar-refractivity contribution is 6.68. The summed E-state index contributed by atoms with van der Waals surface area (Å²) in [5.74, 6) is -9.80. The maximum Gasteiger partial charge on any atom is 0.256 e. The van der Waals surface area contributed by atoms with Gasteiger partial charge in [0.25, 0.3) is 11.1 Å². The molecule has 32 heavy (non-hydrogen) atoms. The quantitative estimate of drug-likeness (QED) is 0.264. The molecule has 0 bridgehead atoms. The first-order valence-corrected chi connectivity index (χ1v) is 9.94. The van der Waals surface area contributed by atoms with Gasteiger partial charge >= 0.3 is 0 Å². The third kappa shape index (κ3) is 2.54. The van der Waals surface area contributed by atoms with Crippen LogP contribution >= 0.6 is 11.6 Å². The number of phenols is 1. The Labute approximate surface area is 185 Å². The van der Waals surface area contributed by atoms with Crippen LogP contribution < -0.4 is 5.73 Å². The predicted octanol–water partition coefficient (Wildman–Crippen LogP) is 0.335. The topological polar surface area (TPSA) is 195 Å². The minimum atomic E-state index is -2.91. The van der Waals surface area contributed by atoms with Crippen molar-refractivity contribution in [2.24, 2.45) is 17.6 Å². The molecular formula is C21H18ClNO9. The zero-order chi connectivity index (χ0) is 23.9. The number of hydrogen-bond acceptors (Lipinski definition) is 9. The van der Waals surface area contributed by atoms with E-state index in [1.165, 1.54) is 12.1 Å². The number of phenolic OH excluding ortho intramolecular Hbond substituents is 1. The summed E-state index contributed by atoms with van der Waals surface area (Å²) >= 11 is 5.46. The molecule has 3 aliphatic carbocycles. The Morgan fingerprint density at radius 3 is 2.38 bits per heavy atom. The van der Waals surface area contributed by atoms with E-state index in [1.54, 1.807) is 6.92 Å². The molecule has 0 aromatic heterocycles. The molecule has 3 aliphatic rings. The van der Waals surface area contributed by atoms with Crippen LogP contribution in [0.2, 0.25) is 0 Å². The van der Waals surface area contributed by atoms with Gasteiger partial charge in [0.1, 0.15) is 22.8 Å². The number of aromatic hydroxyl groups is 1. The highest BCUT2D eigenvalue weighted by atomic mass is 35.5. The molecule has 168 valence electrons. The molecule has 11 heteroatoms. The number of Topliss-reactive ketones (excluding diaryl/α,β-unsaturated/α-hetero) is 2. The van der Waals surface area contributed by atoms with Crippen LogP contribution in [0.4, 0.5) is 0 Å². The number of benzene rings is 1. The predicted molar refractivity (Wildman–Crippen MR) is 108 cm³/mol. The van der Waals surface area contributed by atoms with Crippen molar-refractivity contribution in [3.63, 3.8) is 0 Å². The molecule has 7 N–H and O–H groups in total. The van der Waals surface area contributed by atoms with Crippen molar-refractivity contribution < 1.29 is 44.7 Å². The van der Waals surface area contributed by atoms with E-state index in [9.17, 15) is 44.7 Å². The summed E-state index contributed by atoms with van der Waals surface area (Å²) in [6, 6.07) is 2.62. The molecule has 1 saturated carbocycles. The molecule has 1 fully saturated rings. The number of fused-ring (bicyclic) bond motifs is 3. The van der Waals surface area contributed by atoms with Crippen LogP contribution in [0.1, 0.15) is 40.7 Å². The van der Waals surface area contributed by atoms with E-state index in [2.05, 4.69) is 0 Å². The number of amides is 1. The number of carbonyl (C=O) groups is 4. The molecule has 0 spiro atoms. The van der Waals surface area contributed by atoms with E-state index in [0.717, 1.165) is 0 Å². The van der Waals surface area contributed by atoms with Crippen LogP contribution in [-0.2, 0) is 14.4 Å². The monoisotopic (exact) mass is 463 g/mol. The molecule has 0 radical (unpaired) electrons. The first-order chi connectivity index (χ1) is 14.8. The van der Waals surface area contributed by atoms with Crippen molar-refractivity contribution in [2.45, 2.75) is 31.0 Å². The van der Waals surface area contributed by atoms with Crippen molar-refractivity contribution in [1.82, 2.24) is 0 Å². The van der Waals surface area contributed by atoms with E-state index in [1.807, 2.05) is 0 Å². The van der Waals surface area contributed by atoms with E-state index in [4.69, 9.17) is 17.3 Å². The van der Waals surface area contributed by atoms with Crippen molar-refractivity contribution >= 4 is 40.1 Å². The average Bonchev–Trinajstić information content (AvgIpc) is 2.70. The number of ketones is 2. The number of aliphatic hydroxyl groups is 4. The lowest BCUT2D eigenvalue weighted by Gasteiger charge is -2.50. The van der Waals surface area contributed by atoms with Crippen molar-refractivity contribution in [3.05, 3.63) is 45.7 Å². The summed E-state index contributed by atoms with van der Waals surface area (Å²) in [5.41, 5.74) is 0.359. The molecule has 0 unspecified atom stereocenters. The maximum absolute atomic E-state index is 13.4. The Morgan fingerprint density at radius 1 is 1.19 bits per heavy atom. The van der Waals surface area contributed by atoms with E-state index < -0.39 is 87.0 Å². The lowest BCUT2D eigenvalue weighted by Crippen LogP contribution is -2.63. The number of carbonyl (C=O) groups excluding carboxylic acids is 4. The summed E-state index contributed by atoms with van der Waals surface area (Å²) in [6.45, 7) is 1.58. The summed E-state index contributed by atoms with van der Waals surface area (Å²) in [7, 11) is 0. The first-order valence-electron chi connectivity index (χ1n) is 9.56. The smallest absolute Gasteiger partial charge is 0.256 e. The number of halogens is 1. The van der Waals surface area contributed by atoms with Crippen LogP contribution in [0.25, 0.3) is 5.76 Å². The molecule has 1 aromatic carbocycles. The molecular weight excluding hydrogens is 446 g/mol. The SMILES string of the molecule is C[C@H]1c2ccc(C(=O)Cl)c(O)c2C(O)=C2C(=O)[C@]3(O)C(O)=C(C(N)=O)C(=O)C[C@@H]3[C@@H](O)[C@@H]21. The minimum Gasteiger partial charge on any atom is -0.508 e. The van der Waals surface area contributed by atoms with Gasteiger partial charge in [-0.05, 0) is 29.1 Å². The van der Waals surface area contributed by atoms with E-state index in [-0.39, 0.29) is 16.7 Å². The number of hydrogen-bond donors (Lipinski definition) is 6. The number of rotatable bonds is 2. The van der Waals surface area contributed by atoms with E-state index in [0.29, 0.717) is 0 Å². The number of nitrogens with two attached hydrogens (primary N) is 1. The fourth-order valence-corrected chi connectivity index (χ4v) is 5.31. The Morgan fingerprint density at radius 2 is 1.81 bits per heavy atom. The summed E-state index contributed by atoms with van der Waals surface area (Å²) in [5, 5.41) is 53.2. The fraction of sp³-hybridized carbons (Fsp3) is 0.333. The van der Waals surface area contributed by atoms with Crippen molar-refractivity contribution in [2.75, 3.05) is 0 Å². The Bertz CT molecular complexity index is 1200. The van der Waals surface area contributed by atoms with Crippen LogP contribution in [-0.4, -0.2) is 60.0 Å². The second kappa shape index (κ2) is 6.89. The maximum atomic E-state index is 13.4. The van der Waals surface area contributed by atoms with Gasteiger partial charge in [-0.2, -0.15) is 0 Å². The Kier molecular flexibility index (Phi) is 4.74. The van der Waals surface area contributed by atoms with Gasteiger partial charge in [-0.25, -0.2) is 0 Å². The van der Waals surface area contributed by atoms with Crippen LogP contribution in [0.3, 0.4) is 0 Å². The fourth-order valence-electron chi connectivity index (χ4n) is 5.16. The lowest BCUT2D eigenvalue weighted by molar-refractivity contribution is -0.160. The third-order valence-electron chi connectivity index (χ3n) is 6.71. The van der Waals surface area contributed by atoms with Crippen LogP contribution in [0, 0.1) is 11.8 Å². The second-order valence-electron chi connectivity index (χ2n) is 8.18. The summed E-state index contributed by atoms with van der Waals surface area (Å²) in [4.78, 5) is 49.0. The largest absolute Gasteiger partial charge is 0.508 e. The van der Waals surface area contributed by atoms with Crippen molar-refractivity contribution in [3.8, 4) is 5.75 Å². The first kappa shape index (κ1) is 22.0. The molecule has 0 aliphatic heterocycles. The van der Waals surface area contributed by atoms with Gasteiger partial charge in [-0.1, -0.05) is 13.0 Å². The van der Waals surface area contributed by atoms with Crippen LogP contribution in [0.15, 0.2) is 29.0 Å². The molecule has 4 rings (SSSR count). The van der Waals surface area contributed by atoms with Gasteiger partial charge in [-0.3, -0.25) is 19.2 Å². The molecule has 5 atom stereocenters. The summed E-state index contributed by atoms with van der Waals surface area (Å²) < 4.78 is 0. The van der Waals surface area contributed by atoms with E-state index >= 15 is 0 Å². The van der Waals surface area contributed by atoms with Gasteiger partial charge in [0, 0.05) is 23.8 Å². The Hall–Kier alpha value is -3.21. The number of aliphatic hydroxyl groups excluding tert-OH is 3. The molecule has 10 nitrogen and oxygen atoms in total. The Balaban J connectivity index is 2.03. The zero-order valence-corrected chi connectivity index (χ0v) is 17.3. The molecule has 1 aromatic rings. The van der Waals surface area contributed by atoms with Crippen LogP contribution in [0.5, 0.6) is 5.75 Å². The normalized spacial score (nSPS) is 31.8. The lowest BCUT2D eigenvalue weighted by atomic mass is 9.55. The zero-order valence-electron chi connectivity index (χ0n) is 16.5. The van der Waals surface area contributed by atoms with Crippen molar-refractivity contribution in [1.29, 1.82) is 0 Å². The molecule has 0 saturated heterocycles. The average molecular weight is 464 g/mol. The van der Waals surface area contributed by atoms with Gasteiger partial charge in [0.05, 0.1) is 17.2 Å². The van der Waals surface area contributed by atoms with Gasteiger partial charge < -0.3 is 31.3 Å². The highest BCUT2D eigenvalue weighted by Crippen LogP contribution is 2.55. The third-order valence-corrected chi connectivity index (χ3v) is 6.92. The second-order valence-corrected chi connectivity index (χ2v) is 8.53. The van der Waals surface area contributed by atoms with Gasteiger partial charge in [-0.15, -0.1) is 0 Å². The minimum absolute atomic E-state index is 0.285. The van der Waals surface area contributed by atoms with Gasteiger partial charge in [0.2, 0.25) is 5.78 Å². The molecule has 0 heterocycles. The van der Waals surface area contributed by atoms with Gasteiger partial charge in [0.15, 0.2) is 11.4 Å². The highest BCUT2D eigenvalue weighted by Gasteiger charge is 2.64. The standard InChI is InChI=1S/C21H18ClNO9/c1-5-6-2-3-7(19(22)30)14(25)11(6)16(27)13-10(5)15(26)8-4-9(24)12(20(23)31)17(28)21(8,32)18(13)29/h2-3,5,8,10,15,25-28,32H,4H2,1H3,(H2,23,31)/t5-,8+,10+,15+,21+/m0/s1. The summed E-state index contributed by atoms with van der Waals surface area (Å²) in [6.07, 6.45) is -2.27. The molecule has 1 amide bonds. The number of primary amides is 1.